The molecule has 27 heavy (non-hydrogen) atoms. The monoisotopic (exact) mass is 366 g/mol. The maximum absolute atomic E-state index is 14.3. The number of halogens is 2. The molecule has 0 bridgehead atoms. The SMILES string of the molecule is CCc1cc2ccc(C(C)(C#N)Cc3ccc(C)c(F)c3F)cc2[nH]c1=O. The summed E-state index contributed by atoms with van der Waals surface area (Å²) in [6, 6.07) is 12.4. The second kappa shape index (κ2) is 6.96. The van der Waals surface area contributed by atoms with Gasteiger partial charge in [-0.25, -0.2) is 8.78 Å². The molecule has 0 spiro atoms. The van der Waals surface area contributed by atoms with Crippen LogP contribution in [-0.4, -0.2) is 4.98 Å². The highest BCUT2D eigenvalue weighted by atomic mass is 19.2. The molecule has 0 amide bonds. The standard InChI is InChI=1S/C22H20F2N2O/c1-4-14-9-15-7-8-17(10-18(15)26-21(14)27)22(3,12-25)11-16-6-5-13(2)19(23)20(16)24/h5-10H,4,11H2,1-3H3,(H,26,27). The predicted octanol–water partition coefficient (Wildman–Crippen LogP) is 4.70. The van der Waals surface area contributed by atoms with Crippen molar-refractivity contribution in [1.82, 2.24) is 4.98 Å². The topological polar surface area (TPSA) is 56.6 Å². The molecule has 2 aromatic carbocycles. The molecule has 1 atom stereocenters. The van der Waals surface area contributed by atoms with E-state index in [1.807, 2.05) is 19.1 Å². The molecule has 1 heterocycles. The Kier molecular flexibility index (Phi) is 4.84. The minimum Gasteiger partial charge on any atom is -0.322 e. The lowest BCUT2D eigenvalue weighted by Crippen LogP contribution is -2.24. The van der Waals surface area contributed by atoms with Crippen LogP contribution < -0.4 is 5.56 Å². The quantitative estimate of drug-likeness (QED) is 0.727. The highest BCUT2D eigenvalue weighted by molar-refractivity contribution is 5.80. The van der Waals surface area contributed by atoms with E-state index in [-0.39, 0.29) is 23.1 Å². The molecule has 1 N–H and O–H groups in total. The molecule has 0 saturated carbocycles. The number of nitrogens with one attached hydrogen (secondary N) is 1. The molecule has 3 rings (SSSR count). The molecule has 3 aromatic rings. The van der Waals surface area contributed by atoms with Crippen molar-refractivity contribution in [3.8, 4) is 6.07 Å². The number of nitrogens with zero attached hydrogens (tertiary/aromatic N) is 1. The van der Waals surface area contributed by atoms with Gasteiger partial charge >= 0.3 is 0 Å². The largest absolute Gasteiger partial charge is 0.322 e. The van der Waals surface area contributed by atoms with Gasteiger partial charge in [-0.2, -0.15) is 5.26 Å². The number of hydrogen-bond acceptors (Lipinski definition) is 2. The van der Waals surface area contributed by atoms with Crippen LogP contribution in [0.1, 0.15) is 36.1 Å². The molecule has 5 heteroatoms. The zero-order valence-corrected chi connectivity index (χ0v) is 15.5. The van der Waals surface area contributed by atoms with Gasteiger partial charge in [0.25, 0.3) is 5.56 Å². The first-order chi connectivity index (χ1) is 12.8. The molecule has 0 aliphatic heterocycles. The second-order valence-electron chi connectivity index (χ2n) is 7.07. The van der Waals surface area contributed by atoms with Crippen LogP contribution in [0.3, 0.4) is 0 Å². The number of pyridine rings is 1. The molecule has 0 aliphatic rings. The number of H-pyrrole nitrogens is 1. The van der Waals surface area contributed by atoms with Crippen LogP contribution in [0.15, 0.2) is 41.2 Å². The molecule has 138 valence electrons. The predicted molar refractivity (Wildman–Crippen MR) is 102 cm³/mol. The molecule has 0 fully saturated rings. The molecule has 0 radical (unpaired) electrons. The fraction of sp³-hybridized carbons (Fsp3) is 0.273. The summed E-state index contributed by atoms with van der Waals surface area (Å²) in [5.74, 6) is -1.80. The summed E-state index contributed by atoms with van der Waals surface area (Å²) >= 11 is 0. The van der Waals surface area contributed by atoms with Crippen molar-refractivity contribution in [3.05, 3.63) is 80.6 Å². The van der Waals surface area contributed by atoms with Crippen molar-refractivity contribution in [2.45, 2.75) is 39.0 Å². The van der Waals surface area contributed by atoms with Crippen LogP contribution in [-0.2, 0) is 18.3 Å². The van der Waals surface area contributed by atoms with Gasteiger partial charge in [0, 0.05) is 11.1 Å². The number of nitriles is 1. The van der Waals surface area contributed by atoms with Gasteiger partial charge in [-0.15, -0.1) is 0 Å². The van der Waals surface area contributed by atoms with Crippen LogP contribution in [0, 0.1) is 29.9 Å². The van der Waals surface area contributed by atoms with E-state index >= 15 is 0 Å². The van der Waals surface area contributed by atoms with Gasteiger partial charge in [-0.3, -0.25) is 4.79 Å². The Labute approximate surface area is 156 Å². The van der Waals surface area contributed by atoms with Crippen molar-refractivity contribution in [2.24, 2.45) is 0 Å². The highest BCUT2D eigenvalue weighted by Gasteiger charge is 2.29. The van der Waals surface area contributed by atoms with Crippen LogP contribution in [0.4, 0.5) is 8.78 Å². The van der Waals surface area contributed by atoms with E-state index < -0.39 is 17.0 Å². The Hall–Kier alpha value is -3.00. The summed E-state index contributed by atoms with van der Waals surface area (Å²) in [4.78, 5) is 14.9. The summed E-state index contributed by atoms with van der Waals surface area (Å²) in [6.45, 7) is 5.09. The van der Waals surface area contributed by atoms with Crippen LogP contribution in [0.2, 0.25) is 0 Å². The first-order valence-electron chi connectivity index (χ1n) is 8.80. The van der Waals surface area contributed by atoms with E-state index in [0.717, 1.165) is 5.39 Å². The van der Waals surface area contributed by atoms with Gasteiger partial charge in [-0.1, -0.05) is 31.2 Å². The second-order valence-corrected chi connectivity index (χ2v) is 7.07. The van der Waals surface area contributed by atoms with E-state index in [1.165, 1.54) is 19.1 Å². The lowest BCUT2D eigenvalue weighted by molar-refractivity contribution is 0.481. The average Bonchev–Trinajstić information content (AvgIpc) is 2.67. The number of hydrogen-bond donors (Lipinski definition) is 1. The molecule has 1 aromatic heterocycles. The third-order valence-corrected chi connectivity index (χ3v) is 5.09. The van der Waals surface area contributed by atoms with E-state index in [9.17, 15) is 18.8 Å². The van der Waals surface area contributed by atoms with Crippen molar-refractivity contribution < 1.29 is 8.78 Å². The lowest BCUT2D eigenvalue weighted by Gasteiger charge is -2.23. The molecule has 0 saturated heterocycles. The van der Waals surface area contributed by atoms with Crippen molar-refractivity contribution in [3.63, 3.8) is 0 Å². The van der Waals surface area contributed by atoms with E-state index in [0.29, 0.717) is 23.1 Å². The Balaban J connectivity index is 2.08. The van der Waals surface area contributed by atoms with Crippen molar-refractivity contribution in [2.75, 3.05) is 0 Å². The fourth-order valence-corrected chi connectivity index (χ4v) is 3.26. The van der Waals surface area contributed by atoms with Crippen LogP contribution in [0.5, 0.6) is 0 Å². The number of aromatic amines is 1. The Morgan fingerprint density at radius 2 is 1.85 bits per heavy atom. The lowest BCUT2D eigenvalue weighted by atomic mass is 9.78. The number of rotatable bonds is 4. The Morgan fingerprint density at radius 1 is 1.11 bits per heavy atom. The van der Waals surface area contributed by atoms with Gasteiger partial charge in [-0.05, 0) is 60.9 Å². The third-order valence-electron chi connectivity index (χ3n) is 5.09. The maximum atomic E-state index is 14.3. The minimum absolute atomic E-state index is 0.0231. The van der Waals surface area contributed by atoms with Gasteiger partial charge in [0.2, 0.25) is 0 Å². The average molecular weight is 366 g/mol. The number of benzene rings is 2. The Morgan fingerprint density at radius 3 is 2.52 bits per heavy atom. The first-order valence-corrected chi connectivity index (χ1v) is 8.80. The van der Waals surface area contributed by atoms with Crippen molar-refractivity contribution in [1.29, 1.82) is 5.26 Å². The summed E-state index contributed by atoms with van der Waals surface area (Å²) < 4.78 is 28.2. The smallest absolute Gasteiger partial charge is 0.251 e. The summed E-state index contributed by atoms with van der Waals surface area (Å²) in [5, 5.41) is 10.6. The zero-order chi connectivity index (χ0) is 19.8. The van der Waals surface area contributed by atoms with Gasteiger partial charge in [0.15, 0.2) is 11.6 Å². The summed E-state index contributed by atoms with van der Waals surface area (Å²) in [5.41, 5.74) is 1.09. The van der Waals surface area contributed by atoms with Crippen LogP contribution in [0.25, 0.3) is 10.9 Å². The van der Waals surface area contributed by atoms with Gasteiger partial charge in [0.05, 0.1) is 11.5 Å². The molecular weight excluding hydrogens is 346 g/mol. The number of aromatic nitrogens is 1. The van der Waals surface area contributed by atoms with Crippen LogP contribution >= 0.6 is 0 Å². The van der Waals surface area contributed by atoms with E-state index in [1.54, 1.807) is 19.1 Å². The fourth-order valence-electron chi connectivity index (χ4n) is 3.26. The molecule has 1 unspecified atom stereocenters. The Bertz CT molecular complexity index is 1130. The summed E-state index contributed by atoms with van der Waals surface area (Å²) in [6.07, 6.45) is 0.649. The van der Waals surface area contributed by atoms with Gasteiger partial charge in [0.1, 0.15) is 0 Å². The molecule has 3 nitrogen and oxygen atoms in total. The number of fused-ring (bicyclic) bond motifs is 1. The van der Waals surface area contributed by atoms with E-state index in [2.05, 4.69) is 11.1 Å². The first kappa shape index (κ1) is 18.8. The van der Waals surface area contributed by atoms with Gasteiger partial charge < -0.3 is 4.98 Å². The number of aryl methyl sites for hydroxylation is 2. The van der Waals surface area contributed by atoms with E-state index in [4.69, 9.17) is 0 Å². The third kappa shape index (κ3) is 3.35. The summed E-state index contributed by atoms with van der Waals surface area (Å²) in [7, 11) is 0. The minimum atomic E-state index is -1.07. The van der Waals surface area contributed by atoms with Crippen molar-refractivity contribution >= 4 is 10.9 Å². The molecule has 0 aliphatic carbocycles. The normalized spacial score (nSPS) is 13.3. The molecular formula is C22H20F2N2O. The maximum Gasteiger partial charge on any atom is 0.251 e. The zero-order valence-electron chi connectivity index (χ0n) is 15.5. The highest BCUT2D eigenvalue weighted by Crippen LogP contribution is 2.31.